The Hall–Kier alpha value is -2.13. The van der Waals surface area contributed by atoms with Gasteiger partial charge in [0.15, 0.2) is 0 Å². The Morgan fingerprint density at radius 3 is 2.71 bits per heavy atom. The second-order valence-corrected chi connectivity index (χ2v) is 3.64. The number of ether oxygens (including phenoxy) is 1. The van der Waals surface area contributed by atoms with E-state index in [4.69, 9.17) is 10.00 Å². The molecule has 0 bridgehead atoms. The van der Waals surface area contributed by atoms with Gasteiger partial charge >= 0.3 is 0 Å². The number of rotatable bonds is 2. The van der Waals surface area contributed by atoms with E-state index < -0.39 is 4.92 Å². The molecule has 1 heterocycles. The summed E-state index contributed by atoms with van der Waals surface area (Å²) in [6, 6.07) is 6.55. The van der Waals surface area contributed by atoms with Crippen LogP contribution in [0.3, 0.4) is 0 Å². The zero-order valence-corrected chi connectivity index (χ0v) is 9.13. The summed E-state index contributed by atoms with van der Waals surface area (Å²) in [6.45, 7) is 2.19. The Morgan fingerprint density at radius 1 is 1.41 bits per heavy atom. The van der Waals surface area contributed by atoms with Crippen molar-refractivity contribution in [2.75, 3.05) is 31.2 Å². The van der Waals surface area contributed by atoms with Crippen molar-refractivity contribution in [3.8, 4) is 6.07 Å². The van der Waals surface area contributed by atoms with Gasteiger partial charge in [0.2, 0.25) is 0 Å². The van der Waals surface area contributed by atoms with Gasteiger partial charge in [0.05, 0.1) is 23.7 Å². The number of para-hydroxylation sites is 1. The van der Waals surface area contributed by atoms with Crippen molar-refractivity contribution in [1.82, 2.24) is 0 Å². The van der Waals surface area contributed by atoms with Gasteiger partial charge in [0, 0.05) is 19.2 Å². The SMILES string of the molecule is N#Cc1cccc([N+](=O)[O-])c1N1CCOCC1. The average molecular weight is 233 g/mol. The van der Waals surface area contributed by atoms with Gasteiger partial charge in [0.1, 0.15) is 11.8 Å². The molecule has 0 amide bonds. The molecule has 1 aliphatic heterocycles. The van der Waals surface area contributed by atoms with E-state index in [1.165, 1.54) is 12.1 Å². The van der Waals surface area contributed by atoms with Crippen molar-refractivity contribution in [3.05, 3.63) is 33.9 Å². The summed E-state index contributed by atoms with van der Waals surface area (Å²) in [5.41, 5.74) is 0.718. The molecule has 0 atom stereocenters. The van der Waals surface area contributed by atoms with E-state index in [1.54, 1.807) is 6.07 Å². The van der Waals surface area contributed by atoms with Crippen LogP contribution < -0.4 is 4.90 Å². The molecule has 0 aromatic heterocycles. The van der Waals surface area contributed by atoms with E-state index in [9.17, 15) is 10.1 Å². The summed E-state index contributed by atoms with van der Waals surface area (Å²) in [4.78, 5) is 12.4. The number of nitro groups is 1. The molecule has 1 aromatic carbocycles. The first-order chi connectivity index (χ1) is 8.24. The molecular formula is C11H11N3O3. The summed E-state index contributed by atoms with van der Waals surface area (Å²) < 4.78 is 5.20. The zero-order valence-electron chi connectivity index (χ0n) is 9.13. The quantitative estimate of drug-likeness (QED) is 0.568. The first-order valence-electron chi connectivity index (χ1n) is 5.24. The lowest BCUT2D eigenvalue weighted by atomic mass is 10.1. The molecule has 2 rings (SSSR count). The van der Waals surface area contributed by atoms with Crippen molar-refractivity contribution in [1.29, 1.82) is 5.26 Å². The summed E-state index contributed by atoms with van der Waals surface area (Å²) in [5, 5.41) is 20.0. The number of nitro benzene ring substituents is 1. The third kappa shape index (κ3) is 2.19. The van der Waals surface area contributed by atoms with Crippen LogP contribution in [0.4, 0.5) is 11.4 Å². The van der Waals surface area contributed by atoms with Crippen LogP contribution in [-0.2, 0) is 4.74 Å². The molecule has 1 aliphatic rings. The summed E-state index contributed by atoms with van der Waals surface area (Å²) in [5.74, 6) is 0. The van der Waals surface area contributed by atoms with E-state index in [0.717, 1.165) is 0 Å². The van der Waals surface area contributed by atoms with Gasteiger partial charge in [-0.15, -0.1) is 0 Å². The van der Waals surface area contributed by atoms with E-state index in [0.29, 0.717) is 37.6 Å². The summed E-state index contributed by atoms with van der Waals surface area (Å²) >= 11 is 0. The highest BCUT2D eigenvalue weighted by Gasteiger charge is 2.24. The maximum Gasteiger partial charge on any atom is 0.293 e. The smallest absolute Gasteiger partial charge is 0.293 e. The number of nitrogens with zero attached hydrogens (tertiary/aromatic N) is 3. The number of benzene rings is 1. The molecule has 1 saturated heterocycles. The Labute approximate surface area is 98.2 Å². The molecule has 0 radical (unpaired) electrons. The molecule has 1 fully saturated rings. The van der Waals surface area contributed by atoms with Crippen LogP contribution in [0.1, 0.15) is 5.56 Å². The Bertz CT molecular complexity index is 475. The van der Waals surface area contributed by atoms with Gasteiger partial charge in [-0.2, -0.15) is 5.26 Å². The van der Waals surface area contributed by atoms with Gasteiger partial charge in [-0.25, -0.2) is 0 Å². The molecule has 88 valence electrons. The number of hydrogen-bond donors (Lipinski definition) is 0. The zero-order chi connectivity index (χ0) is 12.3. The third-order valence-electron chi connectivity index (χ3n) is 2.66. The normalized spacial score (nSPS) is 15.4. The van der Waals surface area contributed by atoms with Crippen molar-refractivity contribution < 1.29 is 9.66 Å². The molecular weight excluding hydrogens is 222 g/mol. The van der Waals surface area contributed by atoms with E-state index in [-0.39, 0.29) is 5.69 Å². The maximum absolute atomic E-state index is 11.0. The Balaban J connectivity index is 2.48. The van der Waals surface area contributed by atoms with Crippen LogP contribution in [-0.4, -0.2) is 31.2 Å². The van der Waals surface area contributed by atoms with Crippen LogP contribution >= 0.6 is 0 Å². The van der Waals surface area contributed by atoms with Crippen LogP contribution in [0, 0.1) is 21.4 Å². The maximum atomic E-state index is 11.0. The lowest BCUT2D eigenvalue weighted by molar-refractivity contribution is -0.384. The lowest BCUT2D eigenvalue weighted by Crippen LogP contribution is -2.37. The standard InChI is InChI=1S/C11H11N3O3/c12-8-9-2-1-3-10(14(15)16)11(9)13-4-6-17-7-5-13/h1-3H,4-7H2. The summed E-state index contributed by atoms with van der Waals surface area (Å²) in [6.07, 6.45) is 0. The van der Waals surface area contributed by atoms with Crippen molar-refractivity contribution in [3.63, 3.8) is 0 Å². The van der Waals surface area contributed by atoms with E-state index >= 15 is 0 Å². The predicted molar refractivity (Wildman–Crippen MR) is 60.8 cm³/mol. The fourth-order valence-corrected chi connectivity index (χ4v) is 1.89. The lowest BCUT2D eigenvalue weighted by Gasteiger charge is -2.28. The largest absolute Gasteiger partial charge is 0.378 e. The Morgan fingerprint density at radius 2 is 2.12 bits per heavy atom. The van der Waals surface area contributed by atoms with Crippen LogP contribution in [0.2, 0.25) is 0 Å². The molecule has 0 saturated carbocycles. The minimum Gasteiger partial charge on any atom is -0.378 e. The van der Waals surface area contributed by atoms with Crippen LogP contribution in [0.25, 0.3) is 0 Å². The third-order valence-corrected chi connectivity index (χ3v) is 2.66. The monoisotopic (exact) mass is 233 g/mol. The molecule has 0 spiro atoms. The first kappa shape index (κ1) is 11.4. The number of nitriles is 1. The van der Waals surface area contributed by atoms with E-state index in [1.807, 2.05) is 11.0 Å². The fraction of sp³-hybridized carbons (Fsp3) is 0.364. The highest BCUT2D eigenvalue weighted by molar-refractivity contribution is 5.71. The van der Waals surface area contributed by atoms with Gasteiger partial charge in [-0.05, 0) is 6.07 Å². The first-order valence-corrected chi connectivity index (χ1v) is 5.24. The molecule has 17 heavy (non-hydrogen) atoms. The van der Waals surface area contributed by atoms with Crippen molar-refractivity contribution in [2.24, 2.45) is 0 Å². The highest BCUT2D eigenvalue weighted by Crippen LogP contribution is 2.31. The van der Waals surface area contributed by atoms with Crippen LogP contribution in [0.5, 0.6) is 0 Å². The van der Waals surface area contributed by atoms with Crippen molar-refractivity contribution in [2.45, 2.75) is 0 Å². The minimum absolute atomic E-state index is 0.0223. The molecule has 0 N–H and O–H groups in total. The molecule has 6 heteroatoms. The molecule has 0 unspecified atom stereocenters. The van der Waals surface area contributed by atoms with Gasteiger partial charge in [-0.1, -0.05) is 6.07 Å². The second kappa shape index (κ2) is 4.80. The fourth-order valence-electron chi connectivity index (χ4n) is 1.89. The minimum atomic E-state index is -0.453. The number of hydrogen-bond acceptors (Lipinski definition) is 5. The number of morpholine rings is 1. The van der Waals surface area contributed by atoms with Crippen molar-refractivity contribution >= 4 is 11.4 Å². The average Bonchev–Trinajstić information content (AvgIpc) is 2.38. The van der Waals surface area contributed by atoms with E-state index in [2.05, 4.69) is 0 Å². The predicted octanol–water partition coefficient (Wildman–Crippen LogP) is 1.30. The second-order valence-electron chi connectivity index (χ2n) is 3.64. The topological polar surface area (TPSA) is 79.4 Å². The van der Waals surface area contributed by atoms with Crippen LogP contribution in [0.15, 0.2) is 18.2 Å². The highest BCUT2D eigenvalue weighted by atomic mass is 16.6. The molecule has 1 aromatic rings. The Kier molecular flexibility index (Phi) is 3.21. The summed E-state index contributed by atoms with van der Waals surface area (Å²) in [7, 11) is 0. The van der Waals surface area contributed by atoms with Gasteiger partial charge in [-0.3, -0.25) is 10.1 Å². The molecule has 0 aliphatic carbocycles. The molecule has 6 nitrogen and oxygen atoms in total. The van der Waals surface area contributed by atoms with Gasteiger partial charge in [0.25, 0.3) is 5.69 Å². The van der Waals surface area contributed by atoms with Gasteiger partial charge < -0.3 is 9.64 Å². The number of anilines is 1.